The zero-order chi connectivity index (χ0) is 16.7. The molecule has 0 saturated carbocycles. The van der Waals surface area contributed by atoms with Crippen molar-refractivity contribution in [3.8, 4) is 5.75 Å². The summed E-state index contributed by atoms with van der Waals surface area (Å²) in [6.07, 6.45) is 2.87. The molecule has 0 N–H and O–H groups in total. The minimum Gasteiger partial charge on any atom is -0.484 e. The first-order valence-electron chi connectivity index (χ1n) is 8.24. The molecule has 1 aliphatic heterocycles. The molecule has 0 atom stereocenters. The van der Waals surface area contributed by atoms with Crippen LogP contribution in [0.15, 0.2) is 42.6 Å². The molecular formula is C20H26N2O. The van der Waals surface area contributed by atoms with Gasteiger partial charge in [-0.25, -0.2) is 4.98 Å². The minimum absolute atomic E-state index is 0.245. The fourth-order valence-corrected chi connectivity index (χ4v) is 3.10. The van der Waals surface area contributed by atoms with E-state index in [0.29, 0.717) is 0 Å². The second kappa shape index (κ2) is 5.55. The standard InChI is InChI=1S/C20H26N2O/c1-19(2,3)13-15-9-10-16-17(12-15)23-20(4,5)14-22(16)18-8-6-7-11-21-18/h6-12H,13-14H2,1-5H3. The van der Waals surface area contributed by atoms with Crippen molar-refractivity contribution in [1.82, 2.24) is 4.98 Å². The molecule has 0 aliphatic carbocycles. The van der Waals surface area contributed by atoms with Crippen LogP contribution in [-0.4, -0.2) is 17.1 Å². The molecule has 0 fully saturated rings. The number of hydrogen-bond donors (Lipinski definition) is 0. The summed E-state index contributed by atoms with van der Waals surface area (Å²) in [5.41, 5.74) is 2.43. The van der Waals surface area contributed by atoms with Gasteiger partial charge >= 0.3 is 0 Å². The topological polar surface area (TPSA) is 25.4 Å². The van der Waals surface area contributed by atoms with Crippen molar-refractivity contribution in [1.29, 1.82) is 0 Å². The summed E-state index contributed by atoms with van der Waals surface area (Å²) in [5.74, 6) is 1.92. The molecule has 1 aromatic heterocycles. The van der Waals surface area contributed by atoms with Crippen LogP contribution in [0.3, 0.4) is 0 Å². The van der Waals surface area contributed by atoms with E-state index in [1.165, 1.54) is 5.56 Å². The van der Waals surface area contributed by atoms with Crippen molar-refractivity contribution in [3.05, 3.63) is 48.2 Å². The first-order valence-corrected chi connectivity index (χ1v) is 8.24. The van der Waals surface area contributed by atoms with Crippen molar-refractivity contribution in [2.75, 3.05) is 11.4 Å². The lowest BCUT2D eigenvalue weighted by molar-refractivity contribution is 0.108. The first-order chi connectivity index (χ1) is 10.7. The van der Waals surface area contributed by atoms with Gasteiger partial charge in [0.15, 0.2) is 0 Å². The first kappa shape index (κ1) is 15.9. The van der Waals surface area contributed by atoms with Gasteiger partial charge < -0.3 is 9.64 Å². The number of rotatable bonds is 2. The quantitative estimate of drug-likeness (QED) is 0.782. The summed E-state index contributed by atoms with van der Waals surface area (Å²) in [7, 11) is 0. The summed E-state index contributed by atoms with van der Waals surface area (Å²) in [5, 5.41) is 0. The van der Waals surface area contributed by atoms with Crippen LogP contribution < -0.4 is 9.64 Å². The van der Waals surface area contributed by atoms with Gasteiger partial charge in [-0.15, -0.1) is 0 Å². The molecule has 122 valence electrons. The Morgan fingerprint density at radius 2 is 1.96 bits per heavy atom. The van der Waals surface area contributed by atoms with Crippen molar-refractivity contribution in [2.24, 2.45) is 5.41 Å². The molecule has 1 aromatic carbocycles. The zero-order valence-electron chi connectivity index (χ0n) is 14.8. The van der Waals surface area contributed by atoms with Gasteiger partial charge in [0.2, 0.25) is 0 Å². The Labute approximate surface area is 139 Å². The highest BCUT2D eigenvalue weighted by Gasteiger charge is 2.33. The summed E-state index contributed by atoms with van der Waals surface area (Å²) in [4.78, 5) is 6.77. The molecular weight excluding hydrogens is 284 g/mol. The molecule has 0 saturated heterocycles. The van der Waals surface area contributed by atoms with Gasteiger partial charge in [-0.3, -0.25) is 0 Å². The average Bonchev–Trinajstić information content (AvgIpc) is 2.44. The number of ether oxygens (including phenoxy) is 1. The maximum absolute atomic E-state index is 6.26. The van der Waals surface area contributed by atoms with Gasteiger partial charge in [0.05, 0.1) is 12.2 Å². The molecule has 1 aliphatic rings. The fraction of sp³-hybridized carbons (Fsp3) is 0.450. The van der Waals surface area contributed by atoms with Crippen LogP contribution in [0.4, 0.5) is 11.5 Å². The Bertz CT molecular complexity index is 687. The van der Waals surface area contributed by atoms with E-state index in [-0.39, 0.29) is 11.0 Å². The van der Waals surface area contributed by atoms with E-state index in [0.717, 1.165) is 30.2 Å². The second-order valence-corrected chi connectivity index (χ2v) is 8.18. The zero-order valence-corrected chi connectivity index (χ0v) is 14.8. The second-order valence-electron chi connectivity index (χ2n) is 8.18. The van der Waals surface area contributed by atoms with Gasteiger partial charge in [0, 0.05) is 6.20 Å². The van der Waals surface area contributed by atoms with E-state index in [9.17, 15) is 0 Å². The van der Waals surface area contributed by atoms with Crippen molar-refractivity contribution in [2.45, 2.75) is 46.6 Å². The maximum Gasteiger partial charge on any atom is 0.144 e. The van der Waals surface area contributed by atoms with E-state index in [1.54, 1.807) is 0 Å². The molecule has 3 rings (SSSR count). The van der Waals surface area contributed by atoms with Crippen LogP contribution in [0, 0.1) is 5.41 Å². The molecule has 2 aromatic rings. The Hall–Kier alpha value is -2.03. The van der Waals surface area contributed by atoms with E-state index in [2.05, 4.69) is 62.7 Å². The van der Waals surface area contributed by atoms with Gasteiger partial charge in [0.25, 0.3) is 0 Å². The Kier molecular flexibility index (Phi) is 3.83. The van der Waals surface area contributed by atoms with Crippen LogP contribution in [0.2, 0.25) is 0 Å². The number of nitrogens with zero attached hydrogens (tertiary/aromatic N) is 2. The Morgan fingerprint density at radius 3 is 2.61 bits per heavy atom. The van der Waals surface area contributed by atoms with E-state index < -0.39 is 0 Å². The van der Waals surface area contributed by atoms with Gasteiger partial charge in [-0.1, -0.05) is 32.9 Å². The smallest absolute Gasteiger partial charge is 0.144 e. The normalized spacial score (nSPS) is 16.7. The lowest BCUT2D eigenvalue weighted by atomic mass is 9.88. The number of pyridine rings is 1. The number of aromatic nitrogens is 1. The molecule has 0 unspecified atom stereocenters. The Morgan fingerprint density at radius 1 is 1.17 bits per heavy atom. The summed E-state index contributed by atoms with van der Waals surface area (Å²) >= 11 is 0. The van der Waals surface area contributed by atoms with Gasteiger partial charge in [0.1, 0.15) is 17.2 Å². The third kappa shape index (κ3) is 3.66. The predicted molar refractivity (Wildman–Crippen MR) is 95.6 cm³/mol. The van der Waals surface area contributed by atoms with Crippen LogP contribution in [-0.2, 0) is 6.42 Å². The number of fused-ring (bicyclic) bond motifs is 1. The maximum atomic E-state index is 6.26. The number of anilines is 2. The van der Waals surface area contributed by atoms with Crippen LogP contribution >= 0.6 is 0 Å². The molecule has 3 heteroatoms. The van der Waals surface area contributed by atoms with E-state index >= 15 is 0 Å². The third-order valence-corrected chi connectivity index (χ3v) is 3.90. The fourth-order valence-electron chi connectivity index (χ4n) is 3.10. The highest BCUT2D eigenvalue weighted by Crippen LogP contribution is 2.41. The molecule has 0 spiro atoms. The molecule has 0 amide bonds. The van der Waals surface area contributed by atoms with Gasteiger partial charge in [-0.2, -0.15) is 0 Å². The third-order valence-electron chi connectivity index (χ3n) is 3.90. The molecule has 0 radical (unpaired) electrons. The van der Waals surface area contributed by atoms with Crippen molar-refractivity contribution < 1.29 is 4.74 Å². The van der Waals surface area contributed by atoms with Gasteiger partial charge in [-0.05, 0) is 55.5 Å². The van der Waals surface area contributed by atoms with Crippen LogP contribution in [0.1, 0.15) is 40.2 Å². The predicted octanol–water partition coefficient (Wildman–Crippen LogP) is 4.98. The Balaban J connectivity index is 2.01. The summed E-state index contributed by atoms with van der Waals surface area (Å²) in [6.45, 7) is 11.8. The average molecular weight is 310 g/mol. The monoisotopic (exact) mass is 310 g/mol. The lowest BCUT2D eigenvalue weighted by Crippen LogP contribution is -2.45. The molecule has 3 nitrogen and oxygen atoms in total. The minimum atomic E-state index is -0.245. The SMILES string of the molecule is CC(C)(C)Cc1ccc2c(c1)OC(C)(C)CN2c1ccccn1. The van der Waals surface area contributed by atoms with Crippen LogP contribution in [0.5, 0.6) is 5.75 Å². The van der Waals surface area contributed by atoms with E-state index in [1.807, 2.05) is 24.4 Å². The molecule has 2 heterocycles. The highest BCUT2D eigenvalue weighted by atomic mass is 16.5. The summed E-state index contributed by atoms with van der Waals surface area (Å²) in [6, 6.07) is 12.6. The van der Waals surface area contributed by atoms with Crippen molar-refractivity contribution in [3.63, 3.8) is 0 Å². The number of hydrogen-bond acceptors (Lipinski definition) is 3. The lowest BCUT2D eigenvalue weighted by Gasteiger charge is -2.40. The largest absolute Gasteiger partial charge is 0.484 e. The molecule has 23 heavy (non-hydrogen) atoms. The van der Waals surface area contributed by atoms with Crippen LogP contribution in [0.25, 0.3) is 0 Å². The number of benzene rings is 1. The summed E-state index contributed by atoms with van der Waals surface area (Å²) < 4.78 is 6.26. The highest BCUT2D eigenvalue weighted by molar-refractivity contribution is 5.69. The van der Waals surface area contributed by atoms with Crippen molar-refractivity contribution >= 4 is 11.5 Å². The molecule has 0 bridgehead atoms. The van der Waals surface area contributed by atoms with E-state index in [4.69, 9.17) is 4.74 Å².